The average Bonchev–Trinajstić information content (AvgIpc) is 2.29. The lowest BCUT2D eigenvalue weighted by Gasteiger charge is -2.12. The van der Waals surface area contributed by atoms with E-state index in [-0.39, 0.29) is 0 Å². The summed E-state index contributed by atoms with van der Waals surface area (Å²) in [4.78, 5) is 22.4. The van der Waals surface area contributed by atoms with Crippen LogP contribution in [0.2, 0.25) is 0 Å². The molecule has 0 amide bonds. The van der Waals surface area contributed by atoms with Crippen LogP contribution in [0.15, 0.2) is 0 Å². The second kappa shape index (κ2) is 8.35. The van der Waals surface area contributed by atoms with Crippen LogP contribution >= 0.6 is 0 Å². The van der Waals surface area contributed by atoms with Gasteiger partial charge < -0.3 is 20.9 Å². The number of carbonyl (C=O) groups is 2. The van der Waals surface area contributed by atoms with E-state index < -0.39 is 69.0 Å². The van der Waals surface area contributed by atoms with Crippen molar-refractivity contribution in [3.8, 4) is 0 Å². The van der Waals surface area contributed by atoms with E-state index in [1.165, 1.54) is 0 Å². The molecule has 14 heteroatoms. The van der Waals surface area contributed by atoms with E-state index in [1.807, 2.05) is 0 Å². The van der Waals surface area contributed by atoms with Crippen molar-refractivity contribution in [2.24, 2.45) is 11.5 Å². The first-order valence-corrected chi connectivity index (χ1v) is 8.78. The normalized spacial score (nSPS) is 14.9. The topological polar surface area (TPSA) is 213 Å². The zero-order valence-electron chi connectivity index (χ0n) is 11.1. The van der Waals surface area contributed by atoms with E-state index in [9.17, 15) is 26.4 Å². The first kappa shape index (κ1) is 20.7. The minimum absolute atomic E-state index is 0.498. The van der Waals surface area contributed by atoms with Crippen LogP contribution in [-0.4, -0.2) is 74.7 Å². The van der Waals surface area contributed by atoms with Gasteiger partial charge in [-0.3, -0.25) is 18.7 Å². The van der Waals surface area contributed by atoms with E-state index in [2.05, 4.69) is 9.47 Å². The molecule has 0 aromatic heterocycles. The Balaban J connectivity index is 4.07. The van der Waals surface area contributed by atoms with Crippen molar-refractivity contribution in [2.75, 3.05) is 24.7 Å². The van der Waals surface area contributed by atoms with E-state index in [0.29, 0.717) is 0 Å². The van der Waals surface area contributed by atoms with Gasteiger partial charge >= 0.3 is 11.9 Å². The lowest BCUT2D eigenvalue weighted by molar-refractivity contribution is -0.153. The lowest BCUT2D eigenvalue weighted by Crippen LogP contribution is -2.40. The Morgan fingerprint density at radius 1 is 0.818 bits per heavy atom. The quantitative estimate of drug-likeness (QED) is 0.178. The fourth-order valence-electron chi connectivity index (χ4n) is 1.09. The molecule has 0 heterocycles. The second-order valence-electron chi connectivity index (χ2n) is 4.05. The number of esters is 2. The Bertz CT molecular complexity index is 544. The van der Waals surface area contributed by atoms with Crippen LogP contribution in [0.1, 0.15) is 0 Å². The molecule has 0 unspecified atom stereocenters. The minimum atomic E-state index is -4.45. The fraction of sp³-hybridized carbons (Fsp3) is 0.750. The van der Waals surface area contributed by atoms with Gasteiger partial charge in [0, 0.05) is 0 Å². The van der Waals surface area contributed by atoms with Gasteiger partial charge in [-0.05, 0) is 0 Å². The summed E-state index contributed by atoms with van der Waals surface area (Å²) in [5.74, 6) is -4.39. The van der Waals surface area contributed by atoms with Crippen LogP contribution in [0.4, 0.5) is 0 Å². The van der Waals surface area contributed by atoms with Gasteiger partial charge in [-0.1, -0.05) is 0 Å². The van der Waals surface area contributed by atoms with Gasteiger partial charge in [0.1, 0.15) is 36.8 Å². The highest BCUT2D eigenvalue weighted by Gasteiger charge is 2.23. The van der Waals surface area contributed by atoms with E-state index >= 15 is 0 Å². The van der Waals surface area contributed by atoms with Crippen molar-refractivity contribution in [1.82, 2.24) is 0 Å². The number of nitrogens with two attached hydrogens (primary N) is 2. The summed E-state index contributed by atoms with van der Waals surface area (Å²) < 4.78 is 67.7. The van der Waals surface area contributed by atoms with Crippen LogP contribution in [0.25, 0.3) is 0 Å². The molecule has 0 bridgehead atoms. The molecule has 130 valence electrons. The zero-order chi connectivity index (χ0) is 17.6. The van der Waals surface area contributed by atoms with Crippen LogP contribution in [0, 0.1) is 0 Å². The van der Waals surface area contributed by atoms with Gasteiger partial charge in [-0.2, -0.15) is 16.8 Å². The fourth-order valence-corrected chi connectivity index (χ4v) is 2.27. The van der Waals surface area contributed by atoms with E-state index in [0.717, 1.165) is 0 Å². The van der Waals surface area contributed by atoms with Crippen molar-refractivity contribution in [1.29, 1.82) is 0 Å². The van der Waals surface area contributed by atoms with Crippen molar-refractivity contribution < 1.29 is 45.0 Å². The van der Waals surface area contributed by atoms with Gasteiger partial charge in [-0.15, -0.1) is 0 Å². The molecule has 2 atom stereocenters. The maximum Gasteiger partial charge on any atom is 0.324 e. The third-order valence-corrected chi connectivity index (χ3v) is 3.52. The van der Waals surface area contributed by atoms with Crippen molar-refractivity contribution in [3.63, 3.8) is 0 Å². The predicted molar refractivity (Wildman–Crippen MR) is 70.7 cm³/mol. The molecule has 0 saturated carbocycles. The van der Waals surface area contributed by atoms with E-state index in [4.69, 9.17) is 20.6 Å². The Kier molecular flexibility index (Phi) is 7.85. The molecule has 0 spiro atoms. The third-order valence-electron chi connectivity index (χ3n) is 1.96. The van der Waals surface area contributed by atoms with Gasteiger partial charge in [0.2, 0.25) is 0 Å². The molecule has 0 aliphatic rings. The SMILES string of the molecule is N[C@@H](CS(=O)(=O)O)C(=O)OCCOC(=O)[C@@H](N)CS(=O)(=O)O. The monoisotopic (exact) mass is 364 g/mol. The Hall–Kier alpha value is -1.32. The maximum absolute atomic E-state index is 11.2. The van der Waals surface area contributed by atoms with Gasteiger partial charge in [0.25, 0.3) is 20.2 Å². The molecule has 0 saturated heterocycles. The molecule has 0 aliphatic heterocycles. The molecule has 0 radical (unpaired) electrons. The first-order chi connectivity index (χ1) is 9.82. The lowest BCUT2D eigenvalue weighted by atomic mass is 10.4. The molecule has 0 aromatic carbocycles. The highest BCUT2D eigenvalue weighted by molar-refractivity contribution is 7.86. The van der Waals surface area contributed by atoms with Gasteiger partial charge in [0.15, 0.2) is 0 Å². The average molecular weight is 364 g/mol. The highest BCUT2D eigenvalue weighted by atomic mass is 32.2. The molecule has 0 fully saturated rings. The molecule has 6 N–H and O–H groups in total. The Morgan fingerprint density at radius 3 is 1.32 bits per heavy atom. The number of hydrogen-bond acceptors (Lipinski definition) is 10. The smallest absolute Gasteiger partial charge is 0.324 e. The van der Waals surface area contributed by atoms with Crippen molar-refractivity contribution in [3.05, 3.63) is 0 Å². The summed E-state index contributed by atoms with van der Waals surface area (Å²) in [6, 6.07) is -3.24. The predicted octanol–water partition coefficient (Wildman–Crippen LogP) is -3.50. The first-order valence-electron chi connectivity index (χ1n) is 5.56. The standard InChI is InChI=1S/C8H16N2O10S2/c9-5(3-21(13,14)15)7(11)19-1-2-20-8(12)6(10)4-22(16,17)18/h5-6H,1-4,9-10H2,(H,13,14,15)(H,16,17,18)/t5-,6-/m0/s1. The van der Waals surface area contributed by atoms with E-state index in [1.54, 1.807) is 0 Å². The molecule has 0 aliphatic carbocycles. The second-order valence-corrected chi connectivity index (χ2v) is 7.04. The minimum Gasteiger partial charge on any atom is -0.461 e. The summed E-state index contributed by atoms with van der Waals surface area (Å²) in [6.07, 6.45) is 0. The highest BCUT2D eigenvalue weighted by Crippen LogP contribution is 1.94. The van der Waals surface area contributed by atoms with Gasteiger partial charge in [0.05, 0.1) is 0 Å². The summed E-state index contributed by atoms with van der Waals surface area (Å²) in [6.45, 7) is -0.995. The number of ether oxygens (including phenoxy) is 2. The molecular formula is C8H16N2O10S2. The molecule has 0 aromatic rings. The van der Waals surface area contributed by atoms with Crippen molar-refractivity contribution >= 4 is 32.2 Å². The van der Waals surface area contributed by atoms with Crippen LogP contribution in [0.3, 0.4) is 0 Å². The largest absolute Gasteiger partial charge is 0.461 e. The zero-order valence-corrected chi connectivity index (χ0v) is 12.7. The molecule has 12 nitrogen and oxygen atoms in total. The summed E-state index contributed by atoms with van der Waals surface area (Å²) >= 11 is 0. The summed E-state index contributed by atoms with van der Waals surface area (Å²) in [7, 11) is -8.90. The molecular weight excluding hydrogens is 348 g/mol. The van der Waals surface area contributed by atoms with Crippen LogP contribution in [-0.2, 0) is 39.3 Å². The van der Waals surface area contributed by atoms with Crippen LogP contribution < -0.4 is 11.5 Å². The Morgan fingerprint density at radius 2 is 1.09 bits per heavy atom. The summed E-state index contributed by atoms with van der Waals surface area (Å²) in [5, 5.41) is 0. The third kappa shape index (κ3) is 10.4. The number of carbonyl (C=O) groups excluding carboxylic acids is 2. The summed E-state index contributed by atoms with van der Waals surface area (Å²) in [5.41, 5.74) is 10.3. The Labute approximate surface area is 126 Å². The van der Waals surface area contributed by atoms with Gasteiger partial charge in [-0.25, -0.2) is 0 Å². The van der Waals surface area contributed by atoms with Crippen molar-refractivity contribution in [2.45, 2.75) is 12.1 Å². The maximum atomic E-state index is 11.2. The molecule has 22 heavy (non-hydrogen) atoms. The number of rotatable bonds is 9. The number of hydrogen-bond donors (Lipinski definition) is 4. The van der Waals surface area contributed by atoms with Crippen LogP contribution in [0.5, 0.6) is 0 Å². The molecule has 0 rings (SSSR count).